The Labute approximate surface area is 168 Å². The van der Waals surface area contributed by atoms with Gasteiger partial charge in [-0.2, -0.15) is 18.3 Å². The Morgan fingerprint density at radius 1 is 1.34 bits per heavy atom. The van der Waals surface area contributed by atoms with Crippen molar-refractivity contribution < 1.29 is 22.7 Å². The van der Waals surface area contributed by atoms with Crippen LogP contribution in [-0.2, 0) is 11.3 Å². The zero-order valence-electron chi connectivity index (χ0n) is 15.5. The number of aromatic nitrogens is 4. The van der Waals surface area contributed by atoms with Crippen molar-refractivity contribution in [3.8, 4) is 5.88 Å². The number of amides is 1. The summed E-state index contributed by atoms with van der Waals surface area (Å²) in [6, 6.07) is 3.17. The highest BCUT2D eigenvalue weighted by molar-refractivity contribution is 6.31. The van der Waals surface area contributed by atoms with Crippen LogP contribution in [0.25, 0.3) is 10.9 Å². The lowest BCUT2D eigenvalue weighted by Crippen LogP contribution is -2.19. The molecule has 3 aromatic heterocycles. The fraction of sp³-hybridized carbons (Fsp3) is 0.333. The smallest absolute Gasteiger partial charge is 0.422 e. The molecule has 0 aliphatic rings. The molecule has 0 spiro atoms. The average molecular weight is 428 g/mol. The lowest BCUT2D eigenvalue weighted by Gasteiger charge is -2.10. The fourth-order valence-electron chi connectivity index (χ4n) is 2.43. The van der Waals surface area contributed by atoms with Gasteiger partial charge in [-0.25, -0.2) is 9.97 Å². The van der Waals surface area contributed by atoms with Gasteiger partial charge in [0.15, 0.2) is 6.61 Å². The molecular formula is C18H17ClF3N5O2. The molecule has 3 rings (SSSR count). The van der Waals surface area contributed by atoms with Crippen LogP contribution in [0.2, 0.25) is 5.02 Å². The molecule has 3 heterocycles. The van der Waals surface area contributed by atoms with E-state index in [4.69, 9.17) is 11.6 Å². The second kappa shape index (κ2) is 8.24. The van der Waals surface area contributed by atoms with E-state index in [2.05, 4.69) is 25.1 Å². The van der Waals surface area contributed by atoms with Crippen LogP contribution in [0.3, 0.4) is 0 Å². The molecule has 7 nitrogen and oxygen atoms in total. The van der Waals surface area contributed by atoms with Gasteiger partial charge in [0.1, 0.15) is 10.8 Å². The van der Waals surface area contributed by atoms with E-state index < -0.39 is 12.8 Å². The quantitative estimate of drug-likeness (QED) is 0.641. The minimum absolute atomic E-state index is 0.0324. The number of rotatable bonds is 6. The summed E-state index contributed by atoms with van der Waals surface area (Å²) in [5.41, 5.74) is 1.24. The molecule has 154 valence electrons. The number of ether oxygens (including phenoxy) is 1. The fourth-order valence-corrected chi connectivity index (χ4v) is 2.67. The minimum atomic E-state index is -4.48. The first-order chi connectivity index (χ1) is 13.6. The Morgan fingerprint density at radius 2 is 2.10 bits per heavy atom. The molecule has 0 unspecified atom stereocenters. The normalized spacial score (nSPS) is 11.8. The second-order valence-electron chi connectivity index (χ2n) is 6.60. The number of hydrogen-bond acceptors (Lipinski definition) is 5. The van der Waals surface area contributed by atoms with E-state index in [0.29, 0.717) is 22.3 Å². The Bertz CT molecular complexity index is 1040. The lowest BCUT2D eigenvalue weighted by atomic mass is 10.2. The Hall–Kier alpha value is -2.88. The van der Waals surface area contributed by atoms with Crippen molar-refractivity contribution in [3.63, 3.8) is 0 Å². The number of fused-ring (bicyclic) bond motifs is 1. The maximum absolute atomic E-state index is 12.3. The zero-order valence-corrected chi connectivity index (χ0v) is 16.3. The number of carbonyl (C=O) groups is 1. The zero-order chi connectivity index (χ0) is 21.2. The van der Waals surface area contributed by atoms with Crippen LogP contribution < -0.4 is 10.1 Å². The number of alkyl halides is 3. The third-order valence-corrected chi connectivity index (χ3v) is 4.10. The van der Waals surface area contributed by atoms with Crippen molar-refractivity contribution in [1.29, 1.82) is 0 Å². The summed E-state index contributed by atoms with van der Waals surface area (Å²) in [6.07, 6.45) is 0.139. The molecule has 0 fully saturated rings. The molecule has 11 heteroatoms. The van der Waals surface area contributed by atoms with Crippen molar-refractivity contribution in [2.45, 2.75) is 26.6 Å². The Morgan fingerprint density at radius 3 is 2.76 bits per heavy atom. The SMILES string of the molecule is CC(C)C(=O)Nc1nccc2nn(Cc3cnc(OCC(F)(F)F)c(Cl)c3)cc12. The number of halogens is 4. The third kappa shape index (κ3) is 5.35. The van der Waals surface area contributed by atoms with Gasteiger partial charge < -0.3 is 10.1 Å². The number of nitrogens with zero attached hydrogens (tertiary/aromatic N) is 4. The van der Waals surface area contributed by atoms with Gasteiger partial charge in [-0.1, -0.05) is 25.4 Å². The molecule has 3 aromatic rings. The highest BCUT2D eigenvalue weighted by atomic mass is 35.5. The van der Waals surface area contributed by atoms with E-state index in [1.54, 1.807) is 37.0 Å². The van der Waals surface area contributed by atoms with E-state index in [1.165, 1.54) is 12.3 Å². The molecule has 0 aromatic carbocycles. The van der Waals surface area contributed by atoms with Crippen LogP contribution in [0, 0.1) is 5.92 Å². The molecule has 29 heavy (non-hydrogen) atoms. The van der Waals surface area contributed by atoms with E-state index in [0.717, 1.165) is 0 Å². The molecule has 1 amide bonds. The first-order valence-corrected chi connectivity index (χ1v) is 8.97. The number of anilines is 1. The molecule has 0 saturated carbocycles. The summed E-state index contributed by atoms with van der Waals surface area (Å²) in [5.74, 6) is -0.252. The molecule has 0 bridgehead atoms. The Kier molecular flexibility index (Phi) is 5.92. The van der Waals surface area contributed by atoms with Crippen LogP contribution in [0.5, 0.6) is 5.88 Å². The van der Waals surface area contributed by atoms with Crippen LogP contribution in [-0.4, -0.2) is 38.4 Å². The first kappa shape index (κ1) is 20.8. The number of hydrogen-bond donors (Lipinski definition) is 1. The van der Waals surface area contributed by atoms with Gasteiger partial charge in [0.2, 0.25) is 11.8 Å². The predicted octanol–water partition coefficient (Wildman–Crippen LogP) is 4.06. The van der Waals surface area contributed by atoms with Gasteiger partial charge in [-0.05, 0) is 17.7 Å². The second-order valence-corrected chi connectivity index (χ2v) is 7.00. The van der Waals surface area contributed by atoms with Crippen LogP contribution in [0.4, 0.5) is 19.0 Å². The van der Waals surface area contributed by atoms with Gasteiger partial charge >= 0.3 is 6.18 Å². The maximum atomic E-state index is 12.3. The first-order valence-electron chi connectivity index (χ1n) is 8.59. The summed E-state index contributed by atoms with van der Waals surface area (Å²) >= 11 is 5.97. The van der Waals surface area contributed by atoms with Crippen molar-refractivity contribution >= 4 is 34.2 Å². The molecule has 0 atom stereocenters. The molecule has 1 N–H and O–H groups in total. The number of carbonyl (C=O) groups excluding carboxylic acids is 1. The predicted molar refractivity (Wildman–Crippen MR) is 101 cm³/mol. The Balaban J connectivity index is 1.78. The van der Waals surface area contributed by atoms with E-state index in [9.17, 15) is 18.0 Å². The molecule has 0 saturated heterocycles. The van der Waals surface area contributed by atoms with Gasteiger partial charge in [-0.3, -0.25) is 9.48 Å². The summed E-state index contributed by atoms with van der Waals surface area (Å²) in [5, 5.41) is 7.80. The van der Waals surface area contributed by atoms with Crippen molar-refractivity contribution in [3.05, 3.63) is 41.3 Å². The van der Waals surface area contributed by atoms with Crippen molar-refractivity contribution in [2.24, 2.45) is 5.92 Å². The molecule has 0 radical (unpaired) electrons. The largest absolute Gasteiger partial charge is 0.467 e. The summed E-state index contributed by atoms with van der Waals surface area (Å²) in [6.45, 7) is 2.34. The molecule has 0 aliphatic carbocycles. The topological polar surface area (TPSA) is 81.9 Å². The third-order valence-electron chi connectivity index (χ3n) is 3.83. The van der Waals surface area contributed by atoms with E-state index in [1.807, 2.05) is 0 Å². The van der Waals surface area contributed by atoms with Crippen molar-refractivity contribution in [2.75, 3.05) is 11.9 Å². The average Bonchev–Trinajstić information content (AvgIpc) is 3.03. The van der Waals surface area contributed by atoms with Crippen molar-refractivity contribution in [1.82, 2.24) is 19.7 Å². The lowest BCUT2D eigenvalue weighted by molar-refractivity contribution is -0.154. The standard InChI is InChI=1S/C18H17ClF3N5O2/c1-10(2)16(28)25-15-12-8-27(26-14(12)3-4-23-15)7-11-5-13(19)17(24-6-11)29-9-18(20,21)22/h3-6,8,10H,7,9H2,1-2H3,(H,23,25,28). The number of pyridine rings is 2. The molecule has 0 aliphatic heterocycles. The monoisotopic (exact) mass is 427 g/mol. The summed E-state index contributed by atoms with van der Waals surface area (Å²) < 4.78 is 43.0. The summed E-state index contributed by atoms with van der Waals surface area (Å²) in [7, 11) is 0. The van der Waals surface area contributed by atoms with Gasteiger partial charge in [0, 0.05) is 24.5 Å². The summed E-state index contributed by atoms with van der Waals surface area (Å²) in [4.78, 5) is 20.0. The van der Waals surface area contributed by atoms with Gasteiger partial charge in [0.25, 0.3) is 0 Å². The highest BCUT2D eigenvalue weighted by Crippen LogP contribution is 2.26. The van der Waals surface area contributed by atoms with E-state index >= 15 is 0 Å². The minimum Gasteiger partial charge on any atom is -0.467 e. The maximum Gasteiger partial charge on any atom is 0.422 e. The van der Waals surface area contributed by atoms with Gasteiger partial charge in [-0.15, -0.1) is 0 Å². The van der Waals surface area contributed by atoms with Crippen LogP contribution in [0.1, 0.15) is 19.4 Å². The van der Waals surface area contributed by atoms with Gasteiger partial charge in [0.05, 0.1) is 17.4 Å². The van der Waals surface area contributed by atoms with Crippen LogP contribution in [0.15, 0.2) is 30.7 Å². The van der Waals surface area contributed by atoms with Crippen LogP contribution >= 0.6 is 11.6 Å². The highest BCUT2D eigenvalue weighted by Gasteiger charge is 2.29. The molecular weight excluding hydrogens is 411 g/mol. The number of nitrogens with one attached hydrogen (secondary N) is 1. The van der Waals surface area contributed by atoms with E-state index in [-0.39, 0.29) is 29.3 Å².